The first kappa shape index (κ1) is 11.3. The van der Waals surface area contributed by atoms with Crippen LogP contribution in [0.15, 0.2) is 61.2 Å². The maximum atomic E-state index is 9.51. The van der Waals surface area contributed by atoms with Crippen LogP contribution in [0.2, 0.25) is 0 Å². The van der Waals surface area contributed by atoms with E-state index in [1.165, 1.54) is 6.07 Å². The topological polar surface area (TPSA) is 40.5 Å². The average molecular weight is 226 g/mol. The molecule has 0 radical (unpaired) electrons. The molecule has 17 heavy (non-hydrogen) atoms. The van der Waals surface area contributed by atoms with E-state index in [2.05, 4.69) is 6.58 Å². The molecule has 0 bridgehead atoms. The van der Waals surface area contributed by atoms with Crippen LogP contribution in [-0.2, 0) is 0 Å². The van der Waals surface area contributed by atoms with E-state index in [-0.39, 0.29) is 17.4 Å². The van der Waals surface area contributed by atoms with E-state index in [4.69, 9.17) is 0 Å². The molecule has 0 aromatic heterocycles. The molecular formula is C15H14O2. The van der Waals surface area contributed by atoms with Crippen molar-refractivity contribution in [3.05, 3.63) is 72.3 Å². The summed E-state index contributed by atoms with van der Waals surface area (Å²) in [6.07, 6.45) is 1.82. The van der Waals surface area contributed by atoms with Crippen LogP contribution in [0, 0.1) is 0 Å². The predicted octanol–water partition coefficient (Wildman–Crippen LogP) is 3.42. The van der Waals surface area contributed by atoms with Gasteiger partial charge in [0.05, 0.1) is 0 Å². The molecule has 1 atom stereocenters. The summed E-state index contributed by atoms with van der Waals surface area (Å²) in [7, 11) is 0. The first-order valence-corrected chi connectivity index (χ1v) is 5.41. The maximum absolute atomic E-state index is 9.51. The second-order valence-electron chi connectivity index (χ2n) is 3.87. The van der Waals surface area contributed by atoms with E-state index in [1.807, 2.05) is 36.4 Å². The molecule has 0 unspecified atom stereocenters. The fourth-order valence-electron chi connectivity index (χ4n) is 1.86. The molecule has 0 amide bonds. The van der Waals surface area contributed by atoms with Gasteiger partial charge in [0.15, 0.2) is 11.5 Å². The quantitative estimate of drug-likeness (QED) is 0.622. The van der Waals surface area contributed by atoms with Gasteiger partial charge >= 0.3 is 0 Å². The zero-order valence-corrected chi connectivity index (χ0v) is 9.38. The molecular weight excluding hydrogens is 212 g/mol. The molecule has 2 heteroatoms. The summed E-state index contributed by atoms with van der Waals surface area (Å²) in [5, 5.41) is 18.8. The van der Waals surface area contributed by atoms with Gasteiger partial charge in [0.2, 0.25) is 0 Å². The zero-order chi connectivity index (χ0) is 12.3. The summed E-state index contributed by atoms with van der Waals surface area (Å²) in [5.74, 6) is -0.197. The second-order valence-corrected chi connectivity index (χ2v) is 3.87. The lowest BCUT2D eigenvalue weighted by Gasteiger charge is -2.14. The fourth-order valence-corrected chi connectivity index (χ4v) is 1.86. The molecule has 2 rings (SSSR count). The van der Waals surface area contributed by atoms with Gasteiger partial charge in [-0.1, -0.05) is 42.5 Å². The number of allylic oxidation sites excluding steroid dienone is 1. The van der Waals surface area contributed by atoms with Crippen LogP contribution in [-0.4, -0.2) is 10.2 Å². The third kappa shape index (κ3) is 2.31. The van der Waals surface area contributed by atoms with Crippen LogP contribution in [0.1, 0.15) is 17.0 Å². The van der Waals surface area contributed by atoms with Gasteiger partial charge < -0.3 is 10.2 Å². The minimum absolute atomic E-state index is 0.0164. The Morgan fingerprint density at radius 1 is 0.882 bits per heavy atom. The molecule has 0 spiro atoms. The Balaban J connectivity index is 2.42. The highest BCUT2D eigenvalue weighted by Gasteiger charge is 2.11. The standard InChI is InChI=1S/C15H14O2/c1-2-13(11-6-4-3-5-7-11)12-8-9-14(16)15(17)10-12/h2-10,13,16-17H,1H2/t13-/m0/s1. The van der Waals surface area contributed by atoms with Crippen LogP contribution in [0.5, 0.6) is 11.5 Å². The molecule has 0 saturated carbocycles. The van der Waals surface area contributed by atoms with E-state index in [0.29, 0.717) is 0 Å². The van der Waals surface area contributed by atoms with E-state index in [0.717, 1.165) is 11.1 Å². The fraction of sp³-hybridized carbons (Fsp3) is 0.0667. The highest BCUT2D eigenvalue weighted by Crippen LogP contribution is 2.32. The molecule has 2 aromatic rings. The van der Waals surface area contributed by atoms with Gasteiger partial charge in [0, 0.05) is 5.92 Å². The van der Waals surface area contributed by atoms with Gasteiger partial charge in [-0.05, 0) is 23.3 Å². The Hall–Kier alpha value is -2.22. The Bertz CT molecular complexity index is 518. The highest BCUT2D eigenvalue weighted by atomic mass is 16.3. The number of hydrogen-bond acceptors (Lipinski definition) is 2. The summed E-state index contributed by atoms with van der Waals surface area (Å²) < 4.78 is 0. The van der Waals surface area contributed by atoms with Gasteiger partial charge in [0.1, 0.15) is 0 Å². The molecule has 0 saturated heterocycles. The Labute approximate surface area is 100 Å². The maximum Gasteiger partial charge on any atom is 0.157 e. The minimum Gasteiger partial charge on any atom is -0.504 e. The van der Waals surface area contributed by atoms with E-state index in [1.54, 1.807) is 12.1 Å². The molecule has 0 aliphatic heterocycles. The number of hydrogen-bond donors (Lipinski definition) is 2. The number of aromatic hydroxyl groups is 2. The number of phenols is 2. The van der Waals surface area contributed by atoms with Gasteiger partial charge in [-0.25, -0.2) is 0 Å². The van der Waals surface area contributed by atoms with Crippen molar-refractivity contribution in [2.75, 3.05) is 0 Å². The SMILES string of the molecule is C=C[C@@H](c1ccccc1)c1ccc(O)c(O)c1. The molecule has 2 nitrogen and oxygen atoms in total. The van der Waals surface area contributed by atoms with Crippen LogP contribution in [0.4, 0.5) is 0 Å². The van der Waals surface area contributed by atoms with Crippen LogP contribution in [0.3, 0.4) is 0 Å². The Kier molecular flexibility index (Phi) is 3.15. The Morgan fingerprint density at radius 3 is 2.18 bits per heavy atom. The average Bonchev–Trinajstić information content (AvgIpc) is 2.36. The molecule has 2 aromatic carbocycles. The van der Waals surface area contributed by atoms with Crippen molar-refractivity contribution < 1.29 is 10.2 Å². The van der Waals surface area contributed by atoms with E-state index in [9.17, 15) is 10.2 Å². The lowest BCUT2D eigenvalue weighted by molar-refractivity contribution is 0.403. The van der Waals surface area contributed by atoms with Crippen molar-refractivity contribution in [2.45, 2.75) is 5.92 Å². The molecule has 0 heterocycles. The first-order chi connectivity index (χ1) is 8.22. The molecule has 86 valence electrons. The number of phenolic OH excluding ortho intramolecular Hbond substituents is 2. The summed E-state index contributed by atoms with van der Waals surface area (Å²) >= 11 is 0. The Morgan fingerprint density at radius 2 is 1.59 bits per heavy atom. The van der Waals surface area contributed by atoms with Crippen molar-refractivity contribution in [3.8, 4) is 11.5 Å². The third-order valence-electron chi connectivity index (χ3n) is 2.75. The summed E-state index contributed by atoms with van der Waals surface area (Å²) in [5.41, 5.74) is 2.01. The van der Waals surface area contributed by atoms with Crippen molar-refractivity contribution >= 4 is 0 Å². The van der Waals surface area contributed by atoms with E-state index < -0.39 is 0 Å². The lowest BCUT2D eigenvalue weighted by atomic mass is 9.91. The van der Waals surface area contributed by atoms with Crippen LogP contribution in [0.25, 0.3) is 0 Å². The molecule has 0 aliphatic carbocycles. The molecule has 0 fully saturated rings. The first-order valence-electron chi connectivity index (χ1n) is 5.41. The number of rotatable bonds is 3. The molecule has 2 N–H and O–H groups in total. The number of benzene rings is 2. The zero-order valence-electron chi connectivity index (χ0n) is 9.38. The highest BCUT2D eigenvalue weighted by molar-refractivity contribution is 5.45. The van der Waals surface area contributed by atoms with Gasteiger partial charge in [-0.15, -0.1) is 6.58 Å². The molecule has 0 aliphatic rings. The van der Waals surface area contributed by atoms with Gasteiger partial charge in [-0.2, -0.15) is 0 Å². The van der Waals surface area contributed by atoms with Crippen molar-refractivity contribution in [2.24, 2.45) is 0 Å². The van der Waals surface area contributed by atoms with Crippen molar-refractivity contribution in [1.29, 1.82) is 0 Å². The lowest BCUT2D eigenvalue weighted by Crippen LogP contribution is -1.96. The van der Waals surface area contributed by atoms with Gasteiger partial charge in [-0.3, -0.25) is 0 Å². The second kappa shape index (κ2) is 4.74. The summed E-state index contributed by atoms with van der Waals surface area (Å²) in [6, 6.07) is 14.7. The summed E-state index contributed by atoms with van der Waals surface area (Å²) in [4.78, 5) is 0. The van der Waals surface area contributed by atoms with Crippen LogP contribution >= 0.6 is 0 Å². The van der Waals surface area contributed by atoms with E-state index >= 15 is 0 Å². The van der Waals surface area contributed by atoms with Crippen LogP contribution < -0.4 is 0 Å². The third-order valence-corrected chi connectivity index (χ3v) is 2.75. The van der Waals surface area contributed by atoms with Crippen molar-refractivity contribution in [3.63, 3.8) is 0 Å². The normalized spacial score (nSPS) is 12.0. The van der Waals surface area contributed by atoms with Crippen molar-refractivity contribution in [1.82, 2.24) is 0 Å². The van der Waals surface area contributed by atoms with Gasteiger partial charge in [0.25, 0.3) is 0 Å². The minimum atomic E-state index is -0.107. The summed E-state index contributed by atoms with van der Waals surface area (Å²) in [6.45, 7) is 3.82. The largest absolute Gasteiger partial charge is 0.504 e. The predicted molar refractivity (Wildman–Crippen MR) is 68.3 cm³/mol. The monoisotopic (exact) mass is 226 g/mol. The smallest absolute Gasteiger partial charge is 0.157 e.